The van der Waals surface area contributed by atoms with E-state index in [9.17, 15) is 4.79 Å². The van der Waals surface area contributed by atoms with Gasteiger partial charge in [-0.1, -0.05) is 19.1 Å². The average Bonchev–Trinajstić information content (AvgIpc) is 3.34. The molecule has 5 nitrogen and oxygen atoms in total. The fraction of sp³-hybridized carbons (Fsp3) is 0.455. The number of fused-ring (bicyclic) bond motifs is 1. The number of furan rings is 1. The Morgan fingerprint density at radius 1 is 1.29 bits per heavy atom. The Morgan fingerprint density at radius 3 is 3.04 bits per heavy atom. The van der Waals surface area contributed by atoms with Gasteiger partial charge in [-0.2, -0.15) is 0 Å². The lowest BCUT2D eigenvalue weighted by Gasteiger charge is -2.30. The van der Waals surface area contributed by atoms with Gasteiger partial charge < -0.3 is 14.6 Å². The van der Waals surface area contributed by atoms with Crippen molar-refractivity contribution in [2.75, 3.05) is 26.2 Å². The molecule has 0 radical (unpaired) electrons. The molecule has 3 heterocycles. The lowest BCUT2D eigenvalue weighted by Crippen LogP contribution is -2.35. The molecule has 0 aliphatic carbocycles. The standard InChI is InChI=1S/C22H27N3O2S/c1-16-7-6-14-25(15-16)13-5-4-12-23-21(26)18-10-11-19(27-18)22-24-17-8-2-3-9-20(17)28-22/h2-3,8-11,16H,4-7,12-15H2,1H3,(H,23,26). The minimum absolute atomic E-state index is 0.154. The third-order valence-electron chi connectivity index (χ3n) is 5.26. The molecule has 28 heavy (non-hydrogen) atoms. The lowest BCUT2D eigenvalue weighted by atomic mass is 10.0. The molecule has 0 bridgehead atoms. The highest BCUT2D eigenvalue weighted by Gasteiger charge is 2.16. The molecule has 148 valence electrons. The molecule has 1 atom stereocenters. The van der Waals surface area contributed by atoms with Crippen molar-refractivity contribution in [3.8, 4) is 10.8 Å². The number of para-hydroxylation sites is 1. The Balaban J connectivity index is 1.24. The van der Waals surface area contributed by atoms with Crippen molar-refractivity contribution in [2.45, 2.75) is 32.6 Å². The van der Waals surface area contributed by atoms with Crippen LogP contribution in [0.5, 0.6) is 0 Å². The molecular formula is C22H27N3O2S. The van der Waals surface area contributed by atoms with Gasteiger partial charge in [0.05, 0.1) is 10.2 Å². The molecule has 1 amide bonds. The van der Waals surface area contributed by atoms with E-state index >= 15 is 0 Å². The van der Waals surface area contributed by atoms with Gasteiger partial charge in [-0.3, -0.25) is 4.79 Å². The summed E-state index contributed by atoms with van der Waals surface area (Å²) in [5.74, 6) is 1.65. The number of hydrogen-bond donors (Lipinski definition) is 1. The number of amides is 1. The number of thiazole rings is 1. The summed E-state index contributed by atoms with van der Waals surface area (Å²) in [5.41, 5.74) is 0.952. The normalized spacial score (nSPS) is 17.8. The number of aromatic nitrogens is 1. The molecule has 3 aromatic rings. The van der Waals surface area contributed by atoms with E-state index in [-0.39, 0.29) is 5.91 Å². The smallest absolute Gasteiger partial charge is 0.287 e. The number of unbranched alkanes of at least 4 members (excludes halogenated alkanes) is 1. The van der Waals surface area contributed by atoms with Crippen molar-refractivity contribution in [2.24, 2.45) is 5.92 Å². The molecule has 0 saturated carbocycles. The zero-order chi connectivity index (χ0) is 19.3. The molecule has 1 aliphatic heterocycles. The van der Waals surface area contributed by atoms with E-state index in [1.54, 1.807) is 17.4 Å². The third kappa shape index (κ3) is 4.62. The van der Waals surface area contributed by atoms with Crippen LogP contribution < -0.4 is 5.32 Å². The fourth-order valence-corrected chi connectivity index (χ4v) is 4.72. The van der Waals surface area contributed by atoms with Crippen LogP contribution in [0.25, 0.3) is 21.0 Å². The van der Waals surface area contributed by atoms with Crippen LogP contribution >= 0.6 is 11.3 Å². The van der Waals surface area contributed by atoms with Crippen LogP contribution in [0.4, 0.5) is 0 Å². The van der Waals surface area contributed by atoms with Gasteiger partial charge in [0.25, 0.3) is 5.91 Å². The van der Waals surface area contributed by atoms with Gasteiger partial charge in [-0.25, -0.2) is 4.98 Å². The summed E-state index contributed by atoms with van der Waals surface area (Å²) in [7, 11) is 0. The largest absolute Gasteiger partial charge is 0.448 e. The van der Waals surface area contributed by atoms with Crippen molar-refractivity contribution in [1.82, 2.24) is 15.2 Å². The molecule has 2 aromatic heterocycles. The summed E-state index contributed by atoms with van der Waals surface area (Å²) in [6, 6.07) is 11.5. The average molecular weight is 398 g/mol. The topological polar surface area (TPSA) is 58.4 Å². The van der Waals surface area contributed by atoms with Crippen LogP contribution in [0.1, 0.15) is 43.2 Å². The van der Waals surface area contributed by atoms with Gasteiger partial charge in [0.2, 0.25) is 0 Å². The van der Waals surface area contributed by atoms with Crippen LogP contribution in [-0.4, -0.2) is 42.0 Å². The van der Waals surface area contributed by atoms with E-state index in [4.69, 9.17) is 4.42 Å². The number of hydrogen-bond acceptors (Lipinski definition) is 5. The number of likely N-dealkylation sites (tertiary alicyclic amines) is 1. The minimum Gasteiger partial charge on any atom is -0.448 e. The summed E-state index contributed by atoms with van der Waals surface area (Å²) in [5, 5.41) is 3.77. The quantitative estimate of drug-likeness (QED) is 0.582. The van der Waals surface area contributed by atoms with E-state index in [2.05, 4.69) is 22.1 Å². The first-order chi connectivity index (χ1) is 13.7. The SMILES string of the molecule is CC1CCCN(CCCCNC(=O)c2ccc(-c3nc4ccccc4s3)o2)C1. The number of nitrogens with zero attached hydrogens (tertiary/aromatic N) is 2. The second-order valence-electron chi connectivity index (χ2n) is 7.66. The van der Waals surface area contributed by atoms with Crippen LogP contribution in [0.3, 0.4) is 0 Å². The maximum atomic E-state index is 12.3. The number of nitrogens with one attached hydrogen (secondary N) is 1. The van der Waals surface area contributed by atoms with Crippen molar-refractivity contribution in [3.63, 3.8) is 0 Å². The van der Waals surface area contributed by atoms with Gasteiger partial charge in [0.1, 0.15) is 0 Å². The van der Waals surface area contributed by atoms with E-state index < -0.39 is 0 Å². The molecule has 1 aliphatic rings. The third-order valence-corrected chi connectivity index (χ3v) is 6.31. The van der Waals surface area contributed by atoms with Crippen molar-refractivity contribution in [3.05, 3.63) is 42.2 Å². The Labute approximate surface area is 169 Å². The number of benzene rings is 1. The highest BCUT2D eigenvalue weighted by Crippen LogP contribution is 2.31. The fourth-order valence-electron chi connectivity index (χ4n) is 3.79. The number of carbonyl (C=O) groups is 1. The maximum absolute atomic E-state index is 12.3. The zero-order valence-electron chi connectivity index (χ0n) is 16.3. The second-order valence-corrected chi connectivity index (χ2v) is 8.69. The first kappa shape index (κ1) is 19.2. The number of rotatable bonds is 7. The molecule has 1 fully saturated rings. The summed E-state index contributed by atoms with van der Waals surface area (Å²) >= 11 is 1.57. The zero-order valence-corrected chi connectivity index (χ0v) is 17.1. The number of piperidine rings is 1. The maximum Gasteiger partial charge on any atom is 0.287 e. The first-order valence-electron chi connectivity index (χ1n) is 10.2. The Hall–Kier alpha value is -2.18. The van der Waals surface area contributed by atoms with Gasteiger partial charge in [-0.05, 0) is 69.0 Å². The molecule has 1 aromatic carbocycles. The highest BCUT2D eigenvalue weighted by atomic mass is 32.1. The highest BCUT2D eigenvalue weighted by molar-refractivity contribution is 7.21. The summed E-state index contributed by atoms with van der Waals surface area (Å²) in [6.07, 6.45) is 4.77. The minimum atomic E-state index is -0.154. The predicted octanol–water partition coefficient (Wildman–Crippen LogP) is 4.80. The molecule has 1 saturated heterocycles. The summed E-state index contributed by atoms with van der Waals surface area (Å²) in [6.45, 7) is 6.57. The molecule has 6 heteroatoms. The summed E-state index contributed by atoms with van der Waals surface area (Å²) in [4.78, 5) is 19.5. The Kier molecular flexibility index (Phi) is 6.07. The molecule has 1 N–H and O–H groups in total. The van der Waals surface area contributed by atoms with Gasteiger partial charge in [-0.15, -0.1) is 11.3 Å². The molecule has 1 unspecified atom stereocenters. The van der Waals surface area contributed by atoms with Crippen LogP contribution in [0.2, 0.25) is 0 Å². The van der Waals surface area contributed by atoms with E-state index in [1.165, 1.54) is 25.9 Å². The van der Waals surface area contributed by atoms with Crippen molar-refractivity contribution < 1.29 is 9.21 Å². The second kappa shape index (κ2) is 8.88. The predicted molar refractivity (Wildman–Crippen MR) is 114 cm³/mol. The molecule has 0 spiro atoms. The molecule has 4 rings (SSSR count). The number of carbonyl (C=O) groups excluding carboxylic acids is 1. The van der Waals surface area contributed by atoms with E-state index in [1.807, 2.05) is 30.3 Å². The van der Waals surface area contributed by atoms with E-state index in [0.717, 1.165) is 40.5 Å². The van der Waals surface area contributed by atoms with Crippen LogP contribution in [0.15, 0.2) is 40.8 Å². The molecular weight excluding hydrogens is 370 g/mol. The Bertz CT molecular complexity index is 900. The van der Waals surface area contributed by atoms with Crippen LogP contribution in [-0.2, 0) is 0 Å². The van der Waals surface area contributed by atoms with Gasteiger partial charge in [0, 0.05) is 13.1 Å². The van der Waals surface area contributed by atoms with Crippen LogP contribution in [0, 0.1) is 5.92 Å². The first-order valence-corrected chi connectivity index (χ1v) is 11.0. The van der Waals surface area contributed by atoms with Crippen molar-refractivity contribution >= 4 is 27.5 Å². The monoisotopic (exact) mass is 397 g/mol. The lowest BCUT2D eigenvalue weighted by molar-refractivity contribution is 0.0925. The van der Waals surface area contributed by atoms with E-state index in [0.29, 0.717) is 18.1 Å². The van der Waals surface area contributed by atoms with Crippen molar-refractivity contribution in [1.29, 1.82) is 0 Å². The Morgan fingerprint density at radius 2 is 2.18 bits per heavy atom. The van der Waals surface area contributed by atoms with Gasteiger partial charge in [0.15, 0.2) is 16.5 Å². The summed E-state index contributed by atoms with van der Waals surface area (Å²) < 4.78 is 6.87. The van der Waals surface area contributed by atoms with Gasteiger partial charge >= 0.3 is 0 Å².